The minimum atomic E-state index is -4.15. The molecule has 3 rings (SSSR count). The van der Waals surface area contributed by atoms with E-state index in [2.05, 4.69) is 0 Å². The van der Waals surface area contributed by atoms with Crippen LogP contribution < -0.4 is 4.18 Å². The fourth-order valence-corrected chi connectivity index (χ4v) is 4.26. The van der Waals surface area contributed by atoms with Crippen LogP contribution in [0.1, 0.15) is 58.0 Å². The first-order valence-electron chi connectivity index (χ1n) is 8.63. The Morgan fingerprint density at radius 3 is 2.44 bits per heavy atom. The van der Waals surface area contributed by atoms with Crippen LogP contribution in [0.3, 0.4) is 0 Å². The van der Waals surface area contributed by atoms with Gasteiger partial charge < -0.3 is 8.92 Å². The summed E-state index contributed by atoms with van der Waals surface area (Å²) >= 11 is 0. The number of aryl methyl sites for hydroxylation is 1. The van der Waals surface area contributed by atoms with Crippen LogP contribution in [0.25, 0.3) is 0 Å². The van der Waals surface area contributed by atoms with Gasteiger partial charge in [0, 0.05) is 6.42 Å². The molecule has 0 aliphatic heterocycles. The third-order valence-electron chi connectivity index (χ3n) is 4.54. The minimum Gasteiger partial charge on any atom is -0.462 e. The Morgan fingerprint density at radius 1 is 1.15 bits per heavy atom. The molecule has 0 N–H and O–H groups in total. The zero-order valence-corrected chi connectivity index (χ0v) is 16.1. The maximum atomic E-state index is 12.6. The van der Waals surface area contributed by atoms with E-state index in [0.717, 1.165) is 11.1 Å². The summed E-state index contributed by atoms with van der Waals surface area (Å²) in [6.07, 6.45) is 0.338. The first-order chi connectivity index (χ1) is 12.7. The highest BCUT2D eigenvalue weighted by Crippen LogP contribution is 2.40. The molecular weight excluding hydrogens is 368 g/mol. The summed E-state index contributed by atoms with van der Waals surface area (Å²) in [6.45, 7) is 5.74. The zero-order chi connectivity index (χ0) is 19.8. The van der Waals surface area contributed by atoms with Gasteiger partial charge in [-0.15, -0.1) is 0 Å². The van der Waals surface area contributed by atoms with Gasteiger partial charge in [-0.25, -0.2) is 4.79 Å². The number of carbonyl (C=O) groups is 2. The molecule has 0 amide bonds. The van der Waals surface area contributed by atoms with E-state index in [0.29, 0.717) is 12.0 Å². The highest BCUT2D eigenvalue weighted by molar-refractivity contribution is 7.87. The number of carbonyl (C=O) groups excluding carboxylic acids is 2. The Balaban J connectivity index is 1.92. The number of esters is 1. The SMILES string of the molecule is CCOC(=O)c1ccc(S(=O)(=O)Oc2ccc(C)c3c2C(=O)CC3C)cc1. The van der Waals surface area contributed by atoms with Crippen molar-refractivity contribution in [3.8, 4) is 5.75 Å². The normalized spacial score (nSPS) is 16.1. The second-order valence-corrected chi connectivity index (χ2v) is 8.03. The van der Waals surface area contributed by atoms with Crippen molar-refractivity contribution < 1.29 is 26.9 Å². The Hall–Kier alpha value is -2.67. The summed E-state index contributed by atoms with van der Waals surface area (Å²) in [4.78, 5) is 23.9. The topological polar surface area (TPSA) is 86.7 Å². The molecule has 0 spiro atoms. The summed E-state index contributed by atoms with van der Waals surface area (Å²) in [5.41, 5.74) is 2.36. The first-order valence-corrected chi connectivity index (χ1v) is 10.0. The van der Waals surface area contributed by atoms with Gasteiger partial charge in [-0.05, 0) is 61.2 Å². The molecule has 0 saturated heterocycles. The van der Waals surface area contributed by atoms with E-state index >= 15 is 0 Å². The second kappa shape index (κ2) is 7.15. The number of hydrogen-bond donors (Lipinski definition) is 0. The van der Waals surface area contributed by atoms with E-state index in [1.54, 1.807) is 13.0 Å². The molecule has 2 aromatic carbocycles. The quantitative estimate of drug-likeness (QED) is 0.574. The molecule has 0 aromatic heterocycles. The Kier molecular flexibility index (Phi) is 5.06. The monoisotopic (exact) mass is 388 g/mol. The van der Waals surface area contributed by atoms with E-state index in [4.69, 9.17) is 8.92 Å². The van der Waals surface area contributed by atoms with Crippen molar-refractivity contribution in [2.75, 3.05) is 6.61 Å². The first kappa shape index (κ1) is 19.1. The lowest BCUT2D eigenvalue weighted by molar-refractivity contribution is 0.0526. The molecule has 0 bridgehead atoms. The third kappa shape index (κ3) is 3.60. The van der Waals surface area contributed by atoms with Crippen molar-refractivity contribution in [2.24, 2.45) is 0 Å². The predicted octanol–water partition coefficient (Wildman–Crippen LogP) is 3.63. The van der Waals surface area contributed by atoms with Crippen LogP contribution in [0.5, 0.6) is 5.75 Å². The second-order valence-electron chi connectivity index (χ2n) is 6.48. The molecule has 2 aromatic rings. The van der Waals surface area contributed by atoms with Crippen LogP contribution in [0, 0.1) is 6.92 Å². The molecule has 0 saturated carbocycles. The standard InChI is InChI=1S/C20H20O6S/c1-4-25-20(22)14-6-8-15(9-7-14)27(23,24)26-17-10-5-12(2)18-13(3)11-16(21)19(17)18/h5-10,13H,4,11H2,1-3H3. The van der Waals surface area contributed by atoms with Gasteiger partial charge in [-0.2, -0.15) is 8.42 Å². The van der Waals surface area contributed by atoms with Crippen LogP contribution in [0.15, 0.2) is 41.3 Å². The van der Waals surface area contributed by atoms with Crippen LogP contribution in [0.4, 0.5) is 0 Å². The van der Waals surface area contributed by atoms with Crippen molar-refractivity contribution in [1.29, 1.82) is 0 Å². The molecule has 142 valence electrons. The smallest absolute Gasteiger partial charge is 0.339 e. The summed E-state index contributed by atoms with van der Waals surface area (Å²) in [6, 6.07) is 8.54. The van der Waals surface area contributed by atoms with Crippen molar-refractivity contribution >= 4 is 21.9 Å². The van der Waals surface area contributed by atoms with Crippen molar-refractivity contribution in [1.82, 2.24) is 0 Å². The van der Waals surface area contributed by atoms with Crippen LogP contribution in [0.2, 0.25) is 0 Å². The summed E-state index contributed by atoms with van der Waals surface area (Å²) in [5.74, 6) is -0.579. The average Bonchev–Trinajstić information content (AvgIpc) is 2.93. The molecule has 1 aliphatic rings. The lowest BCUT2D eigenvalue weighted by Gasteiger charge is -2.13. The molecular formula is C20H20O6S. The molecule has 0 fully saturated rings. The number of ether oxygens (including phenoxy) is 1. The number of rotatable bonds is 5. The van der Waals surface area contributed by atoms with Gasteiger partial charge >= 0.3 is 16.1 Å². The minimum absolute atomic E-state index is 0.0302. The molecule has 0 heterocycles. The van der Waals surface area contributed by atoms with Crippen molar-refractivity contribution in [3.63, 3.8) is 0 Å². The van der Waals surface area contributed by atoms with Crippen molar-refractivity contribution in [2.45, 2.75) is 38.0 Å². The maximum Gasteiger partial charge on any atom is 0.339 e. The van der Waals surface area contributed by atoms with Gasteiger partial charge in [-0.1, -0.05) is 13.0 Å². The summed E-state index contributed by atoms with van der Waals surface area (Å²) < 4.78 is 35.4. The van der Waals surface area contributed by atoms with E-state index in [9.17, 15) is 18.0 Å². The molecule has 1 atom stereocenters. The summed E-state index contributed by atoms with van der Waals surface area (Å²) in [7, 11) is -4.15. The van der Waals surface area contributed by atoms with Crippen LogP contribution in [-0.2, 0) is 14.9 Å². The van der Waals surface area contributed by atoms with Gasteiger partial charge in [0.25, 0.3) is 0 Å². The molecule has 7 heteroatoms. The van der Waals surface area contributed by atoms with E-state index in [1.807, 2.05) is 13.8 Å². The van der Waals surface area contributed by atoms with Gasteiger partial charge in [0.05, 0.1) is 17.7 Å². The molecule has 0 radical (unpaired) electrons. The Labute approximate surface area is 158 Å². The highest BCUT2D eigenvalue weighted by Gasteiger charge is 2.32. The number of benzene rings is 2. The molecule has 1 unspecified atom stereocenters. The van der Waals surface area contributed by atoms with Gasteiger partial charge in [0.2, 0.25) is 0 Å². The van der Waals surface area contributed by atoms with Crippen molar-refractivity contribution in [3.05, 3.63) is 58.7 Å². The number of Topliss-reactive ketones (excluding diaryl/α,β-unsaturated/α-hetero) is 1. The zero-order valence-electron chi connectivity index (χ0n) is 15.3. The predicted molar refractivity (Wildman–Crippen MR) is 98.8 cm³/mol. The molecule has 1 aliphatic carbocycles. The number of fused-ring (bicyclic) bond motifs is 1. The van der Waals surface area contributed by atoms with Crippen LogP contribution >= 0.6 is 0 Å². The van der Waals surface area contributed by atoms with E-state index < -0.39 is 16.1 Å². The van der Waals surface area contributed by atoms with E-state index in [1.165, 1.54) is 30.3 Å². The highest BCUT2D eigenvalue weighted by atomic mass is 32.2. The maximum absolute atomic E-state index is 12.6. The van der Waals surface area contributed by atoms with Gasteiger partial charge in [0.15, 0.2) is 11.5 Å². The number of hydrogen-bond acceptors (Lipinski definition) is 6. The van der Waals surface area contributed by atoms with E-state index in [-0.39, 0.29) is 34.5 Å². The fraction of sp³-hybridized carbons (Fsp3) is 0.300. The fourth-order valence-electron chi connectivity index (χ4n) is 3.32. The van der Waals surface area contributed by atoms with Crippen LogP contribution in [-0.4, -0.2) is 26.8 Å². The lowest BCUT2D eigenvalue weighted by Crippen LogP contribution is -2.13. The molecule has 27 heavy (non-hydrogen) atoms. The number of ketones is 1. The Bertz CT molecular complexity index is 1010. The Morgan fingerprint density at radius 2 is 1.81 bits per heavy atom. The molecule has 6 nitrogen and oxygen atoms in total. The van der Waals surface area contributed by atoms with Gasteiger partial charge in [-0.3, -0.25) is 4.79 Å². The summed E-state index contributed by atoms with van der Waals surface area (Å²) in [5, 5.41) is 0. The third-order valence-corrected chi connectivity index (χ3v) is 5.79. The van der Waals surface area contributed by atoms with Gasteiger partial charge in [0.1, 0.15) is 4.90 Å². The average molecular weight is 388 g/mol. The largest absolute Gasteiger partial charge is 0.462 e. The lowest BCUT2D eigenvalue weighted by atomic mass is 9.98.